The lowest BCUT2D eigenvalue weighted by Gasteiger charge is -2.30. The zero-order valence-corrected chi connectivity index (χ0v) is 11.6. The lowest BCUT2D eigenvalue weighted by Crippen LogP contribution is -2.32. The van der Waals surface area contributed by atoms with Gasteiger partial charge in [0.05, 0.1) is 24.0 Å². The first kappa shape index (κ1) is 14.4. The molecule has 0 bridgehead atoms. The molecule has 2 N–H and O–H groups in total. The highest BCUT2D eigenvalue weighted by Gasteiger charge is 2.15. The van der Waals surface area contributed by atoms with Gasteiger partial charge in [0.1, 0.15) is 0 Å². The molecule has 1 atom stereocenters. The van der Waals surface area contributed by atoms with Crippen molar-refractivity contribution in [2.75, 3.05) is 24.3 Å². The Morgan fingerprint density at radius 3 is 2.56 bits per heavy atom. The second-order valence-corrected chi connectivity index (χ2v) is 4.31. The zero-order chi connectivity index (χ0) is 13.7. The van der Waals surface area contributed by atoms with Crippen LogP contribution in [0.4, 0.5) is 11.4 Å². The van der Waals surface area contributed by atoms with Crippen LogP contribution in [0.3, 0.4) is 0 Å². The van der Waals surface area contributed by atoms with E-state index in [1.54, 1.807) is 12.1 Å². The van der Waals surface area contributed by atoms with E-state index < -0.39 is 0 Å². The van der Waals surface area contributed by atoms with Crippen LogP contribution >= 0.6 is 0 Å². The Morgan fingerprint density at radius 1 is 1.44 bits per heavy atom. The van der Waals surface area contributed by atoms with E-state index in [9.17, 15) is 4.79 Å². The normalized spacial score (nSPS) is 12.0. The number of carbonyl (C=O) groups is 1. The zero-order valence-electron chi connectivity index (χ0n) is 11.6. The third-order valence-corrected chi connectivity index (χ3v) is 3.22. The first-order valence-corrected chi connectivity index (χ1v) is 6.29. The van der Waals surface area contributed by atoms with E-state index in [0.29, 0.717) is 17.3 Å². The fourth-order valence-electron chi connectivity index (χ4n) is 2.00. The number of nitrogens with two attached hydrogens (primary N) is 1. The molecule has 4 heteroatoms. The molecule has 1 unspecified atom stereocenters. The Balaban J connectivity index is 3.07. The maximum atomic E-state index is 11.4. The average molecular weight is 250 g/mol. The van der Waals surface area contributed by atoms with E-state index in [2.05, 4.69) is 30.4 Å². The lowest BCUT2D eigenvalue weighted by atomic mass is 10.1. The molecule has 100 valence electrons. The molecule has 0 heterocycles. The summed E-state index contributed by atoms with van der Waals surface area (Å²) in [6.07, 6.45) is 1.05. The third-order valence-electron chi connectivity index (χ3n) is 3.22. The van der Waals surface area contributed by atoms with Crippen LogP contribution in [-0.2, 0) is 4.74 Å². The van der Waals surface area contributed by atoms with Crippen LogP contribution in [-0.4, -0.2) is 25.7 Å². The van der Waals surface area contributed by atoms with Gasteiger partial charge in [-0.1, -0.05) is 6.92 Å². The van der Waals surface area contributed by atoms with E-state index in [-0.39, 0.29) is 5.97 Å². The van der Waals surface area contributed by atoms with Gasteiger partial charge >= 0.3 is 5.97 Å². The highest BCUT2D eigenvalue weighted by Crippen LogP contribution is 2.27. The molecular weight excluding hydrogens is 228 g/mol. The Kier molecular flexibility index (Phi) is 5.01. The molecule has 1 aromatic carbocycles. The van der Waals surface area contributed by atoms with Crippen LogP contribution in [0.5, 0.6) is 0 Å². The smallest absolute Gasteiger partial charge is 0.337 e. The summed E-state index contributed by atoms with van der Waals surface area (Å²) in [5.74, 6) is -0.361. The SMILES string of the molecule is CCC(C)N(CC)c1ccc(C(=O)OC)cc1N. The molecule has 4 nitrogen and oxygen atoms in total. The molecule has 0 radical (unpaired) electrons. The van der Waals surface area contributed by atoms with Crippen molar-refractivity contribution in [3.05, 3.63) is 23.8 Å². The van der Waals surface area contributed by atoms with Gasteiger partial charge in [0.25, 0.3) is 0 Å². The molecular formula is C14H22N2O2. The molecule has 0 aliphatic carbocycles. The minimum Gasteiger partial charge on any atom is -0.465 e. The summed E-state index contributed by atoms with van der Waals surface area (Å²) in [7, 11) is 1.37. The van der Waals surface area contributed by atoms with Crippen LogP contribution in [0.2, 0.25) is 0 Å². The Bertz CT molecular complexity index is 418. The van der Waals surface area contributed by atoms with Crippen molar-refractivity contribution < 1.29 is 9.53 Å². The van der Waals surface area contributed by atoms with Gasteiger partial charge in [0.2, 0.25) is 0 Å². The van der Waals surface area contributed by atoms with Crippen molar-refractivity contribution in [1.29, 1.82) is 0 Å². The fraction of sp³-hybridized carbons (Fsp3) is 0.500. The maximum absolute atomic E-state index is 11.4. The number of carbonyl (C=O) groups excluding carboxylic acids is 1. The number of esters is 1. The van der Waals surface area contributed by atoms with Crippen molar-refractivity contribution in [2.45, 2.75) is 33.2 Å². The summed E-state index contributed by atoms with van der Waals surface area (Å²) in [5.41, 5.74) is 8.10. The van der Waals surface area contributed by atoms with Crippen LogP contribution < -0.4 is 10.6 Å². The lowest BCUT2D eigenvalue weighted by molar-refractivity contribution is 0.0601. The molecule has 0 aliphatic heterocycles. The second kappa shape index (κ2) is 6.28. The first-order valence-electron chi connectivity index (χ1n) is 6.29. The van der Waals surface area contributed by atoms with Gasteiger partial charge in [-0.3, -0.25) is 0 Å². The minimum atomic E-state index is -0.361. The molecule has 0 aromatic heterocycles. The summed E-state index contributed by atoms with van der Waals surface area (Å²) < 4.78 is 4.68. The number of nitrogen functional groups attached to an aromatic ring is 1. The number of anilines is 2. The van der Waals surface area contributed by atoms with Crippen molar-refractivity contribution >= 4 is 17.3 Å². The summed E-state index contributed by atoms with van der Waals surface area (Å²) in [5, 5.41) is 0. The summed E-state index contributed by atoms with van der Waals surface area (Å²) in [6, 6.07) is 5.73. The van der Waals surface area contributed by atoms with Crippen molar-refractivity contribution in [1.82, 2.24) is 0 Å². The fourth-order valence-corrected chi connectivity index (χ4v) is 2.00. The van der Waals surface area contributed by atoms with Crippen LogP contribution in [0.15, 0.2) is 18.2 Å². The summed E-state index contributed by atoms with van der Waals surface area (Å²) >= 11 is 0. The van der Waals surface area contributed by atoms with Gasteiger partial charge in [-0.05, 0) is 38.5 Å². The predicted molar refractivity (Wildman–Crippen MR) is 75.0 cm³/mol. The minimum absolute atomic E-state index is 0.361. The molecule has 0 fully saturated rings. The summed E-state index contributed by atoms with van der Waals surface area (Å²) in [6.45, 7) is 7.29. The number of methoxy groups -OCH3 is 1. The van der Waals surface area contributed by atoms with Gasteiger partial charge in [0, 0.05) is 12.6 Å². The van der Waals surface area contributed by atoms with Crippen LogP contribution in [0.1, 0.15) is 37.6 Å². The van der Waals surface area contributed by atoms with Gasteiger partial charge in [0.15, 0.2) is 0 Å². The molecule has 1 rings (SSSR count). The Hall–Kier alpha value is -1.71. The molecule has 0 spiro atoms. The number of hydrogen-bond donors (Lipinski definition) is 1. The van der Waals surface area contributed by atoms with E-state index in [1.807, 2.05) is 6.07 Å². The van der Waals surface area contributed by atoms with Gasteiger partial charge < -0.3 is 15.4 Å². The second-order valence-electron chi connectivity index (χ2n) is 4.31. The Labute approximate surface area is 109 Å². The van der Waals surface area contributed by atoms with Crippen molar-refractivity contribution in [3.63, 3.8) is 0 Å². The van der Waals surface area contributed by atoms with Crippen LogP contribution in [0, 0.1) is 0 Å². The number of hydrogen-bond acceptors (Lipinski definition) is 4. The van der Waals surface area contributed by atoms with E-state index in [0.717, 1.165) is 18.7 Å². The summed E-state index contributed by atoms with van der Waals surface area (Å²) in [4.78, 5) is 13.6. The Morgan fingerprint density at radius 2 is 2.11 bits per heavy atom. The van der Waals surface area contributed by atoms with Crippen LogP contribution in [0.25, 0.3) is 0 Å². The quantitative estimate of drug-likeness (QED) is 0.645. The van der Waals surface area contributed by atoms with E-state index in [1.165, 1.54) is 7.11 Å². The number of nitrogens with zero attached hydrogens (tertiary/aromatic N) is 1. The molecule has 0 saturated carbocycles. The van der Waals surface area contributed by atoms with E-state index in [4.69, 9.17) is 5.73 Å². The monoisotopic (exact) mass is 250 g/mol. The maximum Gasteiger partial charge on any atom is 0.337 e. The number of rotatable bonds is 5. The first-order chi connectivity index (χ1) is 8.54. The van der Waals surface area contributed by atoms with Gasteiger partial charge in [-0.15, -0.1) is 0 Å². The van der Waals surface area contributed by atoms with Crippen molar-refractivity contribution in [3.8, 4) is 0 Å². The molecule has 1 aromatic rings. The predicted octanol–water partition coefficient (Wildman–Crippen LogP) is 2.68. The van der Waals surface area contributed by atoms with Gasteiger partial charge in [-0.25, -0.2) is 4.79 Å². The average Bonchev–Trinajstić information content (AvgIpc) is 2.39. The van der Waals surface area contributed by atoms with Crippen molar-refractivity contribution in [2.24, 2.45) is 0 Å². The largest absolute Gasteiger partial charge is 0.465 e. The number of ether oxygens (including phenoxy) is 1. The third kappa shape index (κ3) is 2.94. The standard InChI is InChI=1S/C14H22N2O2/c1-5-10(3)16(6-2)13-8-7-11(9-12(13)15)14(17)18-4/h7-10H,5-6,15H2,1-4H3. The highest BCUT2D eigenvalue weighted by molar-refractivity contribution is 5.92. The molecule has 0 saturated heterocycles. The molecule has 18 heavy (non-hydrogen) atoms. The topological polar surface area (TPSA) is 55.6 Å². The number of benzene rings is 1. The highest BCUT2D eigenvalue weighted by atomic mass is 16.5. The molecule has 0 aliphatic rings. The van der Waals surface area contributed by atoms with E-state index >= 15 is 0 Å². The molecule has 0 amide bonds. The van der Waals surface area contributed by atoms with Gasteiger partial charge in [-0.2, -0.15) is 0 Å².